The van der Waals surface area contributed by atoms with Crippen molar-refractivity contribution in [1.82, 2.24) is 10.2 Å². The number of benzene rings is 1. The van der Waals surface area contributed by atoms with Gasteiger partial charge in [-0.05, 0) is 61.1 Å². The highest BCUT2D eigenvalue weighted by Crippen LogP contribution is 2.49. The number of hydrogen-bond acceptors (Lipinski definition) is 2. The summed E-state index contributed by atoms with van der Waals surface area (Å²) < 4.78 is 39.5. The number of amides is 2. The predicted octanol–water partition coefficient (Wildman–Crippen LogP) is 4.31. The molecule has 3 fully saturated rings. The van der Waals surface area contributed by atoms with Gasteiger partial charge in [0.15, 0.2) is 0 Å². The number of nitrogens with zero attached hydrogens (tertiary/aromatic N) is 1. The van der Waals surface area contributed by atoms with Crippen LogP contribution < -0.4 is 5.32 Å². The molecule has 2 saturated carbocycles. The molecule has 4 nitrogen and oxygen atoms in total. The summed E-state index contributed by atoms with van der Waals surface area (Å²) in [5.74, 6) is 1.59. The van der Waals surface area contributed by atoms with Crippen LogP contribution >= 0.6 is 0 Å². The summed E-state index contributed by atoms with van der Waals surface area (Å²) in [6.45, 7) is 0.791. The maximum Gasteiger partial charge on any atom is 0.416 e. The molecule has 7 heteroatoms. The number of hydrogen-bond donors (Lipinski definition) is 1. The van der Waals surface area contributed by atoms with Crippen LogP contribution in [0.3, 0.4) is 0 Å². The second-order valence-electron chi connectivity index (χ2n) is 8.83. The molecular weight excluding hydrogens is 381 g/mol. The van der Waals surface area contributed by atoms with Crippen molar-refractivity contribution in [2.45, 2.75) is 57.2 Å². The Balaban J connectivity index is 1.49. The average Bonchev–Trinajstić information content (AvgIpc) is 3.38. The highest BCUT2D eigenvalue weighted by Gasteiger charge is 2.40. The van der Waals surface area contributed by atoms with E-state index in [1.807, 2.05) is 0 Å². The van der Waals surface area contributed by atoms with Crippen molar-refractivity contribution < 1.29 is 22.8 Å². The van der Waals surface area contributed by atoms with E-state index in [0.717, 1.165) is 30.9 Å². The maximum absolute atomic E-state index is 13.2. The van der Waals surface area contributed by atoms with E-state index in [2.05, 4.69) is 5.32 Å². The van der Waals surface area contributed by atoms with Gasteiger partial charge < -0.3 is 10.2 Å². The number of carbonyl (C=O) groups excluding carboxylic acids is 2. The number of carbonyl (C=O) groups is 2. The molecule has 2 bridgehead atoms. The van der Waals surface area contributed by atoms with E-state index in [1.54, 1.807) is 11.0 Å². The van der Waals surface area contributed by atoms with Crippen LogP contribution in [0, 0.1) is 17.8 Å². The first-order valence-corrected chi connectivity index (χ1v) is 10.5. The first kappa shape index (κ1) is 20.2. The van der Waals surface area contributed by atoms with Crippen molar-refractivity contribution in [3.8, 4) is 0 Å². The third-order valence-corrected chi connectivity index (χ3v) is 6.86. The van der Waals surface area contributed by atoms with Crippen molar-refractivity contribution in [3.05, 3.63) is 35.4 Å². The largest absolute Gasteiger partial charge is 0.416 e. The van der Waals surface area contributed by atoms with Gasteiger partial charge in [0, 0.05) is 25.9 Å². The van der Waals surface area contributed by atoms with Crippen LogP contribution in [0.4, 0.5) is 13.2 Å². The molecule has 1 aliphatic heterocycles. The third-order valence-electron chi connectivity index (χ3n) is 6.86. The van der Waals surface area contributed by atoms with E-state index < -0.39 is 17.8 Å². The topological polar surface area (TPSA) is 49.4 Å². The van der Waals surface area contributed by atoms with Crippen molar-refractivity contribution >= 4 is 11.8 Å². The van der Waals surface area contributed by atoms with E-state index in [-0.39, 0.29) is 18.4 Å². The van der Waals surface area contributed by atoms with Gasteiger partial charge in [-0.1, -0.05) is 18.6 Å². The van der Waals surface area contributed by atoms with E-state index >= 15 is 0 Å². The molecule has 0 aromatic heterocycles. The molecule has 1 aromatic rings. The SMILES string of the molecule is O=C(C[C@@H]1C[C@H]2CC[C@H]1C2)N[C@H](CN1CCCC1=O)c1cccc(C(F)(F)F)c1. The van der Waals surface area contributed by atoms with Gasteiger partial charge in [-0.15, -0.1) is 0 Å². The molecule has 4 rings (SSSR count). The molecular formula is C22H27F3N2O2. The number of alkyl halides is 3. The molecule has 0 unspecified atom stereocenters. The van der Waals surface area contributed by atoms with Gasteiger partial charge in [-0.3, -0.25) is 9.59 Å². The Kier molecular flexibility index (Phi) is 5.58. The van der Waals surface area contributed by atoms with Crippen LogP contribution in [0.1, 0.15) is 62.1 Å². The number of rotatable bonds is 6. The van der Waals surface area contributed by atoms with Gasteiger partial charge in [0.1, 0.15) is 0 Å². The summed E-state index contributed by atoms with van der Waals surface area (Å²) in [5.41, 5.74) is -0.351. The van der Waals surface area contributed by atoms with Crippen LogP contribution in [0.25, 0.3) is 0 Å². The molecule has 4 atom stereocenters. The van der Waals surface area contributed by atoms with Gasteiger partial charge in [0.2, 0.25) is 11.8 Å². The quantitative estimate of drug-likeness (QED) is 0.763. The highest BCUT2D eigenvalue weighted by molar-refractivity contribution is 5.79. The first-order chi connectivity index (χ1) is 13.8. The molecule has 2 amide bonds. The van der Waals surface area contributed by atoms with Gasteiger partial charge in [-0.2, -0.15) is 13.2 Å². The van der Waals surface area contributed by atoms with Gasteiger partial charge in [0.05, 0.1) is 11.6 Å². The normalized spacial score (nSPS) is 27.5. The third kappa shape index (κ3) is 4.59. The molecule has 29 heavy (non-hydrogen) atoms. The Labute approximate surface area is 168 Å². The van der Waals surface area contributed by atoms with Crippen molar-refractivity contribution in [2.24, 2.45) is 17.8 Å². The first-order valence-electron chi connectivity index (χ1n) is 10.5. The van der Waals surface area contributed by atoms with E-state index in [1.165, 1.54) is 25.3 Å². The van der Waals surface area contributed by atoms with Crippen molar-refractivity contribution in [3.63, 3.8) is 0 Å². The summed E-state index contributed by atoms with van der Waals surface area (Å²) in [7, 11) is 0. The van der Waals surface area contributed by atoms with Crippen molar-refractivity contribution in [2.75, 3.05) is 13.1 Å². The summed E-state index contributed by atoms with van der Waals surface area (Å²) in [4.78, 5) is 26.5. The Morgan fingerprint density at radius 2 is 2.07 bits per heavy atom. The fourth-order valence-electron chi connectivity index (χ4n) is 5.40. The molecule has 1 aromatic carbocycles. The zero-order chi connectivity index (χ0) is 20.6. The second-order valence-corrected chi connectivity index (χ2v) is 8.83. The number of fused-ring (bicyclic) bond motifs is 2. The number of halogens is 3. The molecule has 158 valence electrons. The Bertz CT molecular complexity index is 780. The molecule has 0 spiro atoms. The van der Waals surface area contributed by atoms with Gasteiger partial charge >= 0.3 is 6.18 Å². The lowest BCUT2D eigenvalue weighted by atomic mass is 9.86. The standard InChI is InChI=1S/C22H27F3N2O2/c23-22(24,25)18-4-1-3-16(11-18)19(13-27-8-2-5-21(27)29)26-20(28)12-17-10-14-6-7-15(17)9-14/h1,3-4,11,14-15,17,19H,2,5-10,12-13H2,(H,26,28)/t14-,15-,17-,19+/m0/s1. The summed E-state index contributed by atoms with van der Waals surface area (Å²) in [5, 5.41) is 2.95. The molecule has 0 radical (unpaired) electrons. The Hall–Kier alpha value is -2.05. The fourth-order valence-corrected chi connectivity index (χ4v) is 5.40. The molecule has 2 aliphatic carbocycles. The molecule has 1 saturated heterocycles. The lowest BCUT2D eigenvalue weighted by Crippen LogP contribution is -2.39. The van der Waals surface area contributed by atoms with E-state index in [4.69, 9.17) is 0 Å². The lowest BCUT2D eigenvalue weighted by Gasteiger charge is -2.27. The fraction of sp³-hybridized carbons (Fsp3) is 0.636. The summed E-state index contributed by atoms with van der Waals surface area (Å²) >= 11 is 0. The lowest BCUT2D eigenvalue weighted by molar-refractivity contribution is -0.137. The van der Waals surface area contributed by atoms with Crippen LogP contribution in [0.2, 0.25) is 0 Å². The number of nitrogens with one attached hydrogen (secondary N) is 1. The number of likely N-dealkylation sites (tertiary alicyclic amines) is 1. The minimum absolute atomic E-state index is 0.00988. The Morgan fingerprint density at radius 1 is 1.24 bits per heavy atom. The maximum atomic E-state index is 13.2. The monoisotopic (exact) mass is 408 g/mol. The zero-order valence-electron chi connectivity index (χ0n) is 16.4. The zero-order valence-corrected chi connectivity index (χ0v) is 16.4. The second kappa shape index (κ2) is 8.00. The van der Waals surface area contributed by atoms with Crippen LogP contribution in [-0.4, -0.2) is 29.8 Å². The smallest absolute Gasteiger partial charge is 0.347 e. The minimum Gasteiger partial charge on any atom is -0.347 e. The molecule has 3 aliphatic rings. The van der Waals surface area contributed by atoms with Crippen LogP contribution in [-0.2, 0) is 15.8 Å². The van der Waals surface area contributed by atoms with Crippen molar-refractivity contribution in [1.29, 1.82) is 0 Å². The summed E-state index contributed by atoms with van der Waals surface area (Å²) in [6.07, 6.45) is 1.90. The van der Waals surface area contributed by atoms with E-state index in [0.29, 0.717) is 36.8 Å². The van der Waals surface area contributed by atoms with Crippen LogP contribution in [0.15, 0.2) is 24.3 Å². The van der Waals surface area contributed by atoms with E-state index in [9.17, 15) is 22.8 Å². The Morgan fingerprint density at radius 3 is 2.69 bits per heavy atom. The highest BCUT2D eigenvalue weighted by atomic mass is 19.4. The predicted molar refractivity (Wildman–Crippen MR) is 102 cm³/mol. The van der Waals surface area contributed by atoms with Gasteiger partial charge in [0.25, 0.3) is 0 Å². The molecule has 1 N–H and O–H groups in total. The summed E-state index contributed by atoms with van der Waals surface area (Å²) in [6, 6.07) is 4.43. The van der Waals surface area contributed by atoms with Gasteiger partial charge in [-0.25, -0.2) is 0 Å². The van der Waals surface area contributed by atoms with Crippen LogP contribution in [0.5, 0.6) is 0 Å². The average molecular weight is 408 g/mol. The molecule has 1 heterocycles. The minimum atomic E-state index is -4.45.